The van der Waals surface area contributed by atoms with E-state index in [0.717, 1.165) is 11.3 Å². The molecule has 2 rings (SSSR count). The van der Waals surface area contributed by atoms with E-state index in [0.29, 0.717) is 0 Å². The molecule has 0 saturated heterocycles. The van der Waals surface area contributed by atoms with Crippen LogP contribution in [0.2, 0.25) is 0 Å². The summed E-state index contributed by atoms with van der Waals surface area (Å²) in [6.45, 7) is 0. The van der Waals surface area contributed by atoms with Crippen LogP contribution in [0.3, 0.4) is 0 Å². The van der Waals surface area contributed by atoms with Crippen molar-refractivity contribution in [2.75, 3.05) is 0 Å². The summed E-state index contributed by atoms with van der Waals surface area (Å²) >= 11 is 0. The van der Waals surface area contributed by atoms with Gasteiger partial charge in [0, 0.05) is 18.9 Å². The molecule has 20 heavy (non-hydrogen) atoms. The first-order valence-corrected chi connectivity index (χ1v) is 5.59. The Labute approximate surface area is 120 Å². The highest BCUT2D eigenvalue weighted by molar-refractivity contribution is 5.85. The molecule has 7 heteroatoms. The van der Waals surface area contributed by atoms with E-state index in [1.807, 2.05) is 29.9 Å². The Kier molecular flexibility index (Phi) is 5.08. The summed E-state index contributed by atoms with van der Waals surface area (Å²) in [5, 5.41) is 0. The van der Waals surface area contributed by atoms with E-state index >= 15 is 0 Å². The Bertz CT molecular complexity index is 551. The fourth-order valence-corrected chi connectivity index (χ4v) is 1.85. The van der Waals surface area contributed by atoms with Gasteiger partial charge in [0.1, 0.15) is 5.75 Å². The lowest BCUT2D eigenvalue weighted by Gasteiger charge is -2.14. The van der Waals surface area contributed by atoms with E-state index in [1.165, 1.54) is 24.3 Å². The van der Waals surface area contributed by atoms with E-state index in [1.54, 1.807) is 0 Å². The molecule has 1 heterocycles. The van der Waals surface area contributed by atoms with E-state index < -0.39 is 6.36 Å². The van der Waals surface area contributed by atoms with Gasteiger partial charge in [-0.15, -0.1) is 25.6 Å². The third-order valence-electron chi connectivity index (χ3n) is 2.78. The average molecular weight is 307 g/mol. The van der Waals surface area contributed by atoms with Gasteiger partial charge < -0.3 is 15.0 Å². The molecule has 0 radical (unpaired) electrons. The third kappa shape index (κ3) is 3.91. The molecule has 1 aromatic carbocycles. The molecule has 1 aromatic heterocycles. The number of rotatable bonds is 3. The lowest BCUT2D eigenvalue weighted by Crippen LogP contribution is -2.18. The monoisotopic (exact) mass is 306 g/mol. The molecule has 0 amide bonds. The van der Waals surface area contributed by atoms with Gasteiger partial charge in [-0.3, -0.25) is 0 Å². The number of benzene rings is 1. The fraction of sp³-hybridized carbons (Fsp3) is 0.231. The molecule has 110 valence electrons. The zero-order valence-electron chi connectivity index (χ0n) is 10.6. The van der Waals surface area contributed by atoms with Gasteiger partial charge in [0.05, 0.1) is 6.04 Å². The molecular weight excluding hydrogens is 293 g/mol. The molecule has 0 aliphatic rings. The highest BCUT2D eigenvalue weighted by Gasteiger charge is 2.31. The normalized spacial score (nSPS) is 12.7. The summed E-state index contributed by atoms with van der Waals surface area (Å²) in [6, 6.07) is 8.90. The first-order valence-electron chi connectivity index (χ1n) is 5.59. The van der Waals surface area contributed by atoms with E-state index in [2.05, 4.69) is 4.74 Å². The molecule has 1 atom stereocenters. The number of nitrogens with zero attached hydrogens (tertiary/aromatic N) is 1. The first-order chi connectivity index (χ1) is 8.87. The van der Waals surface area contributed by atoms with E-state index in [4.69, 9.17) is 5.73 Å². The zero-order chi connectivity index (χ0) is 14.0. The van der Waals surface area contributed by atoms with E-state index in [9.17, 15) is 13.2 Å². The van der Waals surface area contributed by atoms with Gasteiger partial charge in [-0.1, -0.05) is 12.1 Å². The number of alkyl halides is 3. The molecule has 2 N–H and O–H groups in total. The maximum absolute atomic E-state index is 12.0. The van der Waals surface area contributed by atoms with Crippen LogP contribution in [-0.2, 0) is 7.05 Å². The molecule has 0 spiro atoms. The molecule has 0 aliphatic carbocycles. The molecule has 0 aliphatic heterocycles. The quantitative estimate of drug-likeness (QED) is 0.944. The molecule has 0 unspecified atom stereocenters. The van der Waals surface area contributed by atoms with Crippen molar-refractivity contribution in [3.05, 3.63) is 53.9 Å². The smallest absolute Gasteiger partial charge is 0.406 e. The lowest BCUT2D eigenvalue weighted by atomic mass is 10.0. The van der Waals surface area contributed by atoms with Crippen molar-refractivity contribution in [3.8, 4) is 5.75 Å². The van der Waals surface area contributed by atoms with Crippen molar-refractivity contribution in [1.82, 2.24) is 4.57 Å². The van der Waals surface area contributed by atoms with Crippen LogP contribution in [0.25, 0.3) is 0 Å². The second-order valence-corrected chi connectivity index (χ2v) is 4.14. The van der Waals surface area contributed by atoms with Crippen molar-refractivity contribution < 1.29 is 17.9 Å². The molecule has 0 bridgehead atoms. The predicted molar refractivity (Wildman–Crippen MR) is 71.8 cm³/mol. The Morgan fingerprint density at radius 2 is 1.75 bits per heavy atom. The summed E-state index contributed by atoms with van der Waals surface area (Å²) in [5.41, 5.74) is 7.65. The highest BCUT2D eigenvalue weighted by Crippen LogP contribution is 2.25. The van der Waals surface area contributed by atoms with Crippen LogP contribution in [0.15, 0.2) is 42.6 Å². The van der Waals surface area contributed by atoms with Crippen LogP contribution in [0.1, 0.15) is 17.3 Å². The van der Waals surface area contributed by atoms with Crippen LogP contribution >= 0.6 is 12.4 Å². The van der Waals surface area contributed by atoms with Gasteiger partial charge >= 0.3 is 6.36 Å². The number of aryl methyl sites for hydroxylation is 1. The maximum atomic E-state index is 12.0. The number of hydrogen-bond donors (Lipinski definition) is 1. The minimum atomic E-state index is -4.68. The van der Waals surface area contributed by atoms with Crippen LogP contribution in [0.5, 0.6) is 5.75 Å². The van der Waals surface area contributed by atoms with Gasteiger partial charge in [0.15, 0.2) is 0 Å². The zero-order valence-corrected chi connectivity index (χ0v) is 11.4. The number of aromatic nitrogens is 1. The molecule has 0 fully saturated rings. The van der Waals surface area contributed by atoms with E-state index in [-0.39, 0.29) is 24.2 Å². The minimum absolute atomic E-state index is 0. The number of ether oxygens (including phenoxy) is 1. The summed E-state index contributed by atoms with van der Waals surface area (Å²) in [6.07, 6.45) is -2.82. The molecule has 3 nitrogen and oxygen atoms in total. The Balaban J connectivity index is 0.00000200. The standard InChI is InChI=1S/C13H13F3N2O.ClH/c1-18-8-2-3-11(18)12(17)9-4-6-10(7-5-9)19-13(14,15)16;/h2-8,12H,17H2,1H3;1H/t12-;/m0./s1. The Hall–Kier alpha value is -1.66. The second-order valence-electron chi connectivity index (χ2n) is 4.14. The van der Waals surface area contributed by atoms with Crippen molar-refractivity contribution in [2.45, 2.75) is 12.4 Å². The van der Waals surface area contributed by atoms with Crippen LogP contribution in [-0.4, -0.2) is 10.9 Å². The van der Waals surface area contributed by atoms with Gasteiger partial charge in [-0.25, -0.2) is 0 Å². The van der Waals surface area contributed by atoms with Gasteiger partial charge in [0.2, 0.25) is 0 Å². The minimum Gasteiger partial charge on any atom is -0.406 e. The summed E-state index contributed by atoms with van der Waals surface area (Å²) < 4.78 is 41.7. The fourth-order valence-electron chi connectivity index (χ4n) is 1.85. The largest absolute Gasteiger partial charge is 0.573 e. The topological polar surface area (TPSA) is 40.2 Å². The van der Waals surface area contributed by atoms with Crippen LogP contribution in [0, 0.1) is 0 Å². The summed E-state index contributed by atoms with van der Waals surface area (Å²) in [5.74, 6) is -0.254. The molecule has 2 aromatic rings. The first kappa shape index (κ1) is 16.4. The predicted octanol–water partition coefficient (Wildman–Crippen LogP) is 3.39. The van der Waals surface area contributed by atoms with Gasteiger partial charge in [-0.05, 0) is 29.8 Å². The Morgan fingerprint density at radius 3 is 2.20 bits per heavy atom. The van der Waals surface area contributed by atoms with Gasteiger partial charge in [-0.2, -0.15) is 0 Å². The molecular formula is C13H14ClF3N2O. The number of halogens is 4. The van der Waals surface area contributed by atoms with Crippen LogP contribution in [0.4, 0.5) is 13.2 Å². The van der Waals surface area contributed by atoms with Crippen molar-refractivity contribution >= 4 is 12.4 Å². The number of hydrogen-bond acceptors (Lipinski definition) is 2. The SMILES string of the molecule is Cl.Cn1cccc1[C@@H](N)c1ccc(OC(F)(F)F)cc1. The third-order valence-corrected chi connectivity index (χ3v) is 2.78. The Morgan fingerprint density at radius 1 is 1.15 bits per heavy atom. The lowest BCUT2D eigenvalue weighted by molar-refractivity contribution is -0.274. The average Bonchev–Trinajstić information content (AvgIpc) is 2.73. The summed E-state index contributed by atoms with van der Waals surface area (Å²) in [4.78, 5) is 0. The highest BCUT2D eigenvalue weighted by atomic mass is 35.5. The molecule has 0 saturated carbocycles. The van der Waals surface area contributed by atoms with Crippen molar-refractivity contribution in [2.24, 2.45) is 12.8 Å². The van der Waals surface area contributed by atoms with Crippen molar-refractivity contribution in [1.29, 1.82) is 0 Å². The van der Waals surface area contributed by atoms with Crippen molar-refractivity contribution in [3.63, 3.8) is 0 Å². The second kappa shape index (κ2) is 6.19. The number of nitrogens with two attached hydrogens (primary N) is 1. The maximum Gasteiger partial charge on any atom is 0.573 e. The van der Waals surface area contributed by atoms with Crippen LogP contribution < -0.4 is 10.5 Å². The van der Waals surface area contributed by atoms with Gasteiger partial charge in [0.25, 0.3) is 0 Å². The summed E-state index contributed by atoms with van der Waals surface area (Å²) in [7, 11) is 1.86.